The lowest BCUT2D eigenvalue weighted by atomic mass is 10.1. The van der Waals surface area contributed by atoms with E-state index >= 15 is 0 Å². The Morgan fingerprint density at radius 3 is 2.38 bits per heavy atom. The lowest BCUT2D eigenvalue weighted by molar-refractivity contribution is -0.133. The molecule has 0 fully saturated rings. The number of hydrogen-bond acceptors (Lipinski definition) is 4. The minimum atomic E-state index is -4.97. The van der Waals surface area contributed by atoms with Gasteiger partial charge in [0.25, 0.3) is 0 Å². The van der Waals surface area contributed by atoms with Crippen molar-refractivity contribution in [3.05, 3.63) is 45.1 Å². The molecule has 5 nitrogen and oxygen atoms in total. The molecule has 0 aromatic heterocycles. The van der Waals surface area contributed by atoms with E-state index in [0.717, 1.165) is 0 Å². The van der Waals surface area contributed by atoms with Crippen LogP contribution in [0.1, 0.15) is 5.56 Å². The fourth-order valence-electron chi connectivity index (χ4n) is 2.27. The van der Waals surface area contributed by atoms with Gasteiger partial charge in [0.15, 0.2) is 0 Å². The van der Waals surface area contributed by atoms with E-state index in [0.29, 0.717) is 15.6 Å². The molecule has 0 saturated carbocycles. The second-order valence-electron chi connectivity index (χ2n) is 5.00. The minimum Gasteiger partial charge on any atom is -0.477 e. The third-order valence-electron chi connectivity index (χ3n) is 3.24. The molecule has 1 aliphatic rings. The molecule has 0 spiro atoms. The summed E-state index contributed by atoms with van der Waals surface area (Å²) in [7, 11) is 0. The summed E-state index contributed by atoms with van der Waals surface area (Å²) in [5, 5.41) is 9.87. The van der Waals surface area contributed by atoms with Crippen molar-refractivity contribution in [2.24, 2.45) is 10.7 Å². The lowest BCUT2D eigenvalue weighted by Gasteiger charge is -2.22. The predicted octanol–water partition coefficient (Wildman–Crippen LogP) is 3.07. The van der Waals surface area contributed by atoms with Crippen molar-refractivity contribution in [2.45, 2.75) is 12.7 Å². The van der Waals surface area contributed by atoms with Crippen molar-refractivity contribution in [3.63, 3.8) is 0 Å². The summed E-state index contributed by atoms with van der Waals surface area (Å²) in [6.45, 7) is 0.508. The highest BCUT2D eigenvalue weighted by atomic mass is 35.5. The largest absolute Gasteiger partial charge is 0.477 e. The van der Waals surface area contributed by atoms with Crippen molar-refractivity contribution >= 4 is 35.0 Å². The Bertz CT molecular complexity index is 712. The smallest absolute Gasteiger partial charge is 0.431 e. The molecule has 24 heavy (non-hydrogen) atoms. The van der Waals surface area contributed by atoms with Gasteiger partial charge in [0.1, 0.15) is 17.1 Å². The molecule has 10 heteroatoms. The standard InChI is InChI=1S/C14H12Cl2F3N3O2/c15-8-3-7(4-9(16)5-8)6-22-2-1-21-12(22)10(13(23)24)11(20)14(17,18)19/h3-5H,1-2,6,20H2,(H,23,24). The van der Waals surface area contributed by atoms with Gasteiger partial charge in [0.2, 0.25) is 0 Å². The molecule has 0 saturated heterocycles. The van der Waals surface area contributed by atoms with Gasteiger partial charge in [-0.05, 0) is 23.8 Å². The maximum Gasteiger partial charge on any atom is 0.431 e. The van der Waals surface area contributed by atoms with Gasteiger partial charge < -0.3 is 15.7 Å². The van der Waals surface area contributed by atoms with Gasteiger partial charge in [0.05, 0.1) is 6.54 Å². The quantitative estimate of drug-likeness (QED) is 0.785. The van der Waals surface area contributed by atoms with E-state index in [1.54, 1.807) is 12.1 Å². The number of amidine groups is 1. The molecule has 0 amide bonds. The number of rotatable bonds is 4. The number of allylic oxidation sites excluding steroid dienone is 1. The van der Waals surface area contributed by atoms with Crippen LogP contribution in [0.3, 0.4) is 0 Å². The third kappa shape index (κ3) is 4.12. The summed E-state index contributed by atoms with van der Waals surface area (Å²) >= 11 is 11.8. The average Bonchev–Trinajstić information content (AvgIpc) is 2.84. The molecule has 0 radical (unpaired) electrons. The highest BCUT2D eigenvalue weighted by Crippen LogP contribution is 2.27. The Morgan fingerprint density at radius 2 is 1.88 bits per heavy atom. The maximum atomic E-state index is 12.8. The summed E-state index contributed by atoms with van der Waals surface area (Å²) in [4.78, 5) is 16.6. The Balaban J connectivity index is 2.37. The van der Waals surface area contributed by atoms with Crippen LogP contribution in [0.15, 0.2) is 34.5 Å². The number of carboxylic acid groups (broad SMARTS) is 1. The number of halogens is 5. The zero-order valence-electron chi connectivity index (χ0n) is 12.1. The molecule has 0 bridgehead atoms. The van der Waals surface area contributed by atoms with E-state index in [-0.39, 0.29) is 25.5 Å². The molecule has 1 aliphatic heterocycles. The van der Waals surface area contributed by atoms with E-state index in [4.69, 9.17) is 34.0 Å². The van der Waals surface area contributed by atoms with E-state index in [2.05, 4.69) is 4.99 Å². The molecule has 2 rings (SSSR count). The molecule has 1 aromatic carbocycles. The van der Waals surface area contributed by atoms with Crippen molar-refractivity contribution in [1.82, 2.24) is 4.90 Å². The van der Waals surface area contributed by atoms with Gasteiger partial charge in [-0.15, -0.1) is 0 Å². The van der Waals surface area contributed by atoms with Gasteiger partial charge in [-0.3, -0.25) is 4.99 Å². The summed E-state index contributed by atoms with van der Waals surface area (Å²) in [5.74, 6) is -2.10. The van der Waals surface area contributed by atoms with Crippen LogP contribution in [0.5, 0.6) is 0 Å². The summed E-state index contributed by atoms with van der Waals surface area (Å²) in [6, 6.07) is 4.68. The first kappa shape index (κ1) is 18.4. The van der Waals surface area contributed by atoms with Crippen LogP contribution < -0.4 is 5.73 Å². The maximum absolute atomic E-state index is 12.8. The molecular formula is C14H12Cl2F3N3O2. The summed E-state index contributed by atoms with van der Waals surface area (Å²) < 4.78 is 38.5. The summed E-state index contributed by atoms with van der Waals surface area (Å²) in [5.41, 5.74) is 2.86. The number of carbonyl (C=O) groups is 1. The van der Waals surface area contributed by atoms with Crippen LogP contribution in [-0.2, 0) is 11.3 Å². The number of carboxylic acids is 1. The number of nitrogens with zero attached hydrogens (tertiary/aromatic N) is 2. The second kappa shape index (κ2) is 6.90. The van der Waals surface area contributed by atoms with E-state index in [1.807, 2.05) is 0 Å². The van der Waals surface area contributed by atoms with Gasteiger partial charge in [-0.1, -0.05) is 23.2 Å². The molecule has 3 N–H and O–H groups in total. The fourth-order valence-corrected chi connectivity index (χ4v) is 2.84. The summed E-state index contributed by atoms with van der Waals surface area (Å²) in [6.07, 6.45) is -4.97. The van der Waals surface area contributed by atoms with Crippen molar-refractivity contribution < 1.29 is 23.1 Å². The van der Waals surface area contributed by atoms with Gasteiger partial charge in [-0.25, -0.2) is 4.79 Å². The molecule has 1 aromatic rings. The number of aliphatic carboxylic acids is 1. The fraction of sp³-hybridized carbons (Fsp3) is 0.286. The number of aliphatic imine (C=N–C) groups is 1. The lowest BCUT2D eigenvalue weighted by Crippen LogP contribution is -2.35. The van der Waals surface area contributed by atoms with Crippen LogP contribution >= 0.6 is 23.2 Å². The highest BCUT2D eigenvalue weighted by Gasteiger charge is 2.40. The van der Waals surface area contributed by atoms with E-state index in [9.17, 15) is 18.0 Å². The molecule has 0 aliphatic carbocycles. The monoisotopic (exact) mass is 381 g/mol. The first-order valence-corrected chi connectivity index (χ1v) is 7.40. The Hall–Kier alpha value is -1.93. The van der Waals surface area contributed by atoms with Crippen LogP contribution in [0.4, 0.5) is 13.2 Å². The van der Waals surface area contributed by atoms with Crippen LogP contribution in [0.25, 0.3) is 0 Å². The SMILES string of the molecule is NC(=C(C(=O)O)C1=NCCN1Cc1cc(Cl)cc(Cl)c1)C(F)(F)F. The average molecular weight is 382 g/mol. The zero-order valence-corrected chi connectivity index (χ0v) is 13.6. The minimum absolute atomic E-state index is 0.0982. The molecular weight excluding hydrogens is 370 g/mol. The first-order chi connectivity index (χ1) is 11.1. The molecule has 0 atom stereocenters. The third-order valence-corrected chi connectivity index (χ3v) is 3.68. The number of nitrogens with two attached hydrogens (primary N) is 1. The Kier molecular flexibility index (Phi) is 5.29. The van der Waals surface area contributed by atoms with E-state index < -0.39 is 23.4 Å². The van der Waals surface area contributed by atoms with Gasteiger partial charge in [-0.2, -0.15) is 13.2 Å². The van der Waals surface area contributed by atoms with Crippen molar-refractivity contribution in [3.8, 4) is 0 Å². The van der Waals surface area contributed by atoms with Crippen LogP contribution in [-0.4, -0.2) is 41.1 Å². The molecule has 1 heterocycles. The number of alkyl halides is 3. The normalized spacial score (nSPS) is 16.0. The van der Waals surface area contributed by atoms with Gasteiger partial charge >= 0.3 is 12.1 Å². The van der Waals surface area contributed by atoms with E-state index in [1.165, 1.54) is 11.0 Å². The van der Waals surface area contributed by atoms with Crippen LogP contribution in [0.2, 0.25) is 10.0 Å². The predicted molar refractivity (Wildman–Crippen MR) is 84.1 cm³/mol. The Morgan fingerprint density at radius 1 is 1.29 bits per heavy atom. The van der Waals surface area contributed by atoms with Gasteiger partial charge in [0, 0.05) is 23.1 Å². The topological polar surface area (TPSA) is 78.9 Å². The second-order valence-corrected chi connectivity index (χ2v) is 5.87. The highest BCUT2D eigenvalue weighted by molar-refractivity contribution is 6.34. The zero-order chi connectivity index (χ0) is 18.1. The first-order valence-electron chi connectivity index (χ1n) is 6.64. The molecule has 0 unspecified atom stereocenters. The number of benzene rings is 1. The van der Waals surface area contributed by atoms with Crippen molar-refractivity contribution in [1.29, 1.82) is 0 Å². The Labute approximate surface area is 145 Å². The van der Waals surface area contributed by atoms with Crippen LogP contribution in [0, 0.1) is 0 Å². The number of hydrogen-bond donors (Lipinski definition) is 2. The molecule has 130 valence electrons. The van der Waals surface area contributed by atoms with Crippen molar-refractivity contribution in [2.75, 3.05) is 13.1 Å².